The summed E-state index contributed by atoms with van der Waals surface area (Å²) in [5.74, 6) is 1.89. The molecule has 2 heteroatoms. The molecule has 2 nitrogen and oxygen atoms in total. The molecule has 0 spiro atoms. The van der Waals surface area contributed by atoms with E-state index in [0.717, 1.165) is 24.3 Å². The van der Waals surface area contributed by atoms with Crippen molar-refractivity contribution in [2.24, 2.45) is 5.41 Å². The van der Waals surface area contributed by atoms with Gasteiger partial charge in [0, 0.05) is 29.1 Å². The van der Waals surface area contributed by atoms with Crippen LogP contribution in [0, 0.1) is 5.41 Å². The van der Waals surface area contributed by atoms with E-state index in [1.807, 2.05) is 0 Å². The average Bonchev–Trinajstić information content (AvgIpc) is 2.79. The monoisotopic (exact) mass is 382 g/mol. The smallest absolute Gasteiger partial charge is 0.131 e. The molecule has 5 rings (SSSR count). The lowest BCUT2D eigenvalue weighted by Crippen LogP contribution is -2.34. The molecule has 1 aliphatic rings. The quantitative estimate of drug-likeness (QED) is 0.410. The number of hydrogen-bond acceptors (Lipinski definition) is 2. The van der Waals surface area contributed by atoms with Crippen LogP contribution in [0.3, 0.4) is 0 Å². The first-order valence-corrected chi connectivity index (χ1v) is 10.5. The lowest BCUT2D eigenvalue weighted by Gasteiger charge is -2.43. The van der Waals surface area contributed by atoms with Gasteiger partial charge in [0.25, 0.3) is 0 Å². The van der Waals surface area contributed by atoms with Crippen molar-refractivity contribution in [3.05, 3.63) is 83.9 Å². The molecule has 0 saturated heterocycles. The van der Waals surface area contributed by atoms with Crippen molar-refractivity contribution < 1.29 is 9.84 Å². The zero-order valence-electron chi connectivity index (χ0n) is 17.0. The van der Waals surface area contributed by atoms with E-state index in [1.165, 1.54) is 32.7 Å². The van der Waals surface area contributed by atoms with Gasteiger partial charge in [-0.05, 0) is 46.5 Å². The Bertz CT molecular complexity index is 1110. The van der Waals surface area contributed by atoms with Gasteiger partial charge in [0.05, 0.1) is 0 Å². The minimum Gasteiger partial charge on any atom is -0.457 e. The van der Waals surface area contributed by atoms with Crippen molar-refractivity contribution in [3.63, 3.8) is 0 Å². The van der Waals surface area contributed by atoms with Crippen LogP contribution >= 0.6 is 0 Å². The second kappa shape index (κ2) is 6.89. The molecule has 146 valence electrons. The van der Waals surface area contributed by atoms with E-state index < -0.39 is 0 Å². The topological polar surface area (TPSA) is 29.5 Å². The lowest BCUT2D eigenvalue weighted by molar-refractivity contribution is 0.0950. The minimum atomic E-state index is -0.248. The van der Waals surface area contributed by atoms with Gasteiger partial charge in [0.2, 0.25) is 0 Å². The van der Waals surface area contributed by atoms with Gasteiger partial charge in [0.15, 0.2) is 0 Å². The molecule has 0 bridgehead atoms. The summed E-state index contributed by atoms with van der Waals surface area (Å²) in [6.07, 6.45) is 1.80. The van der Waals surface area contributed by atoms with Crippen LogP contribution in [-0.2, 0) is 0 Å². The maximum atomic E-state index is 10.7. The van der Waals surface area contributed by atoms with Gasteiger partial charge in [-0.15, -0.1) is 0 Å². The summed E-state index contributed by atoms with van der Waals surface area (Å²) in [6.45, 7) is 4.55. The third kappa shape index (κ3) is 2.59. The van der Waals surface area contributed by atoms with Crippen LogP contribution in [0.25, 0.3) is 21.5 Å². The number of hydrogen-bond donors (Lipinski definition) is 1. The molecule has 29 heavy (non-hydrogen) atoms. The predicted octanol–water partition coefficient (Wildman–Crippen LogP) is 7.03. The van der Waals surface area contributed by atoms with E-state index in [4.69, 9.17) is 4.74 Å². The summed E-state index contributed by atoms with van der Waals surface area (Å²) in [4.78, 5) is 0. The van der Waals surface area contributed by atoms with Crippen molar-refractivity contribution >= 4 is 21.5 Å². The predicted molar refractivity (Wildman–Crippen MR) is 120 cm³/mol. The highest BCUT2D eigenvalue weighted by Gasteiger charge is 2.44. The van der Waals surface area contributed by atoms with Crippen molar-refractivity contribution in [2.75, 3.05) is 6.61 Å². The molecule has 4 aromatic carbocycles. The Balaban J connectivity index is 1.93. The standard InChI is InChI=1S/C27H26O2/c1-3-27(4-2,17-28)26-24-20-11-7-5-9-18(20)13-15-22(24)29-23-16-14-19-10-6-8-12-21(19)25(23)26/h5-16,26,28H,3-4,17H2,1-2H3. The van der Waals surface area contributed by atoms with Crippen molar-refractivity contribution in [2.45, 2.75) is 32.6 Å². The fraction of sp³-hybridized carbons (Fsp3) is 0.259. The van der Waals surface area contributed by atoms with Gasteiger partial charge in [-0.2, -0.15) is 0 Å². The van der Waals surface area contributed by atoms with Gasteiger partial charge in [0.1, 0.15) is 11.5 Å². The molecule has 0 atom stereocenters. The lowest BCUT2D eigenvalue weighted by atomic mass is 9.63. The highest BCUT2D eigenvalue weighted by Crippen LogP contribution is 2.57. The highest BCUT2D eigenvalue weighted by atomic mass is 16.5. The molecule has 4 aromatic rings. The summed E-state index contributed by atoms with van der Waals surface area (Å²) in [5.41, 5.74) is 2.18. The van der Waals surface area contributed by atoms with Gasteiger partial charge in [-0.3, -0.25) is 0 Å². The molecule has 0 aromatic heterocycles. The van der Waals surface area contributed by atoms with Crippen LogP contribution in [0.4, 0.5) is 0 Å². The van der Waals surface area contributed by atoms with E-state index in [0.29, 0.717) is 0 Å². The Morgan fingerprint density at radius 3 is 1.66 bits per heavy atom. The van der Waals surface area contributed by atoms with Crippen LogP contribution in [0.2, 0.25) is 0 Å². The minimum absolute atomic E-state index is 0.0680. The molecule has 1 N–H and O–H groups in total. The Kier molecular flexibility index (Phi) is 4.33. The number of fused-ring (bicyclic) bond motifs is 6. The van der Waals surface area contributed by atoms with Crippen LogP contribution in [-0.4, -0.2) is 11.7 Å². The van der Waals surface area contributed by atoms with Crippen LogP contribution in [0.15, 0.2) is 72.8 Å². The van der Waals surface area contributed by atoms with Crippen molar-refractivity contribution in [1.82, 2.24) is 0 Å². The Hall–Kier alpha value is -2.84. The summed E-state index contributed by atoms with van der Waals surface area (Å²) < 4.78 is 6.47. The summed E-state index contributed by atoms with van der Waals surface area (Å²) in [5, 5.41) is 15.5. The van der Waals surface area contributed by atoms with Crippen molar-refractivity contribution in [1.29, 1.82) is 0 Å². The van der Waals surface area contributed by atoms with Crippen LogP contribution in [0.5, 0.6) is 11.5 Å². The number of rotatable bonds is 4. The number of aliphatic hydroxyl groups is 1. The van der Waals surface area contributed by atoms with Gasteiger partial charge < -0.3 is 9.84 Å². The van der Waals surface area contributed by atoms with Crippen LogP contribution < -0.4 is 4.74 Å². The molecular formula is C27H26O2. The number of ether oxygens (including phenoxy) is 1. The third-order valence-corrected chi connectivity index (χ3v) is 6.99. The molecule has 0 amide bonds. The Morgan fingerprint density at radius 2 is 1.21 bits per heavy atom. The molecule has 0 saturated carbocycles. The first-order chi connectivity index (χ1) is 14.2. The second-order valence-corrected chi connectivity index (χ2v) is 8.16. The van der Waals surface area contributed by atoms with E-state index in [-0.39, 0.29) is 17.9 Å². The SMILES string of the molecule is CCC(CC)(CO)C1c2c(ccc3ccccc23)Oc2ccc3ccccc3c21. The average molecular weight is 383 g/mol. The van der Waals surface area contributed by atoms with Gasteiger partial charge >= 0.3 is 0 Å². The zero-order valence-corrected chi connectivity index (χ0v) is 17.0. The zero-order chi connectivity index (χ0) is 20.0. The normalized spacial score (nSPS) is 13.9. The van der Waals surface area contributed by atoms with E-state index in [2.05, 4.69) is 86.6 Å². The largest absolute Gasteiger partial charge is 0.457 e. The number of aliphatic hydroxyl groups excluding tert-OH is 1. The maximum Gasteiger partial charge on any atom is 0.131 e. The molecule has 0 radical (unpaired) electrons. The first kappa shape index (κ1) is 18.2. The fourth-order valence-corrected chi connectivity index (χ4v) is 5.17. The van der Waals surface area contributed by atoms with E-state index >= 15 is 0 Å². The fourth-order valence-electron chi connectivity index (χ4n) is 5.17. The Morgan fingerprint density at radius 1 is 0.724 bits per heavy atom. The second-order valence-electron chi connectivity index (χ2n) is 8.16. The van der Waals surface area contributed by atoms with Gasteiger partial charge in [-0.25, -0.2) is 0 Å². The maximum absolute atomic E-state index is 10.7. The molecule has 1 aliphatic heterocycles. The molecule has 0 fully saturated rings. The number of benzene rings is 4. The van der Waals surface area contributed by atoms with Crippen molar-refractivity contribution in [3.8, 4) is 11.5 Å². The summed E-state index contributed by atoms with van der Waals surface area (Å²) >= 11 is 0. The van der Waals surface area contributed by atoms with E-state index in [9.17, 15) is 5.11 Å². The Labute approximate surface area is 171 Å². The first-order valence-electron chi connectivity index (χ1n) is 10.5. The molecular weight excluding hydrogens is 356 g/mol. The summed E-state index contributed by atoms with van der Waals surface area (Å²) in [7, 11) is 0. The molecule has 0 unspecified atom stereocenters. The van der Waals surface area contributed by atoms with Crippen LogP contribution in [0.1, 0.15) is 43.7 Å². The molecule has 0 aliphatic carbocycles. The van der Waals surface area contributed by atoms with Gasteiger partial charge in [-0.1, -0.05) is 74.5 Å². The molecule has 1 heterocycles. The van der Waals surface area contributed by atoms with E-state index in [1.54, 1.807) is 0 Å². The highest BCUT2D eigenvalue weighted by molar-refractivity contribution is 5.94. The third-order valence-electron chi connectivity index (χ3n) is 6.99. The summed E-state index contributed by atoms with van der Waals surface area (Å²) in [6, 6.07) is 25.5.